The highest BCUT2D eigenvalue weighted by Crippen LogP contribution is 2.38. The summed E-state index contributed by atoms with van der Waals surface area (Å²) in [5, 5.41) is 0. The van der Waals surface area contributed by atoms with Crippen molar-refractivity contribution in [3.63, 3.8) is 0 Å². The first-order valence-corrected chi connectivity index (χ1v) is 9.32. The van der Waals surface area contributed by atoms with E-state index >= 15 is 0 Å². The lowest BCUT2D eigenvalue weighted by atomic mass is 9.90. The Kier molecular flexibility index (Phi) is 4.60. The minimum absolute atomic E-state index is 1.02. The van der Waals surface area contributed by atoms with E-state index in [4.69, 9.17) is 4.98 Å². The number of aromatic nitrogens is 1. The van der Waals surface area contributed by atoms with Crippen molar-refractivity contribution in [3.8, 4) is 33.5 Å². The summed E-state index contributed by atoms with van der Waals surface area (Å²) in [6.07, 6.45) is 1.92. The smallest absolute Gasteiger partial charge is 0.0786 e. The molecule has 0 atom stereocenters. The lowest BCUT2D eigenvalue weighted by Crippen LogP contribution is -1.94. The zero-order valence-electron chi connectivity index (χ0n) is 16.0. The Balaban J connectivity index is 1.99. The first kappa shape index (κ1) is 17.2. The van der Waals surface area contributed by atoms with Gasteiger partial charge in [0.25, 0.3) is 0 Å². The van der Waals surface area contributed by atoms with Gasteiger partial charge in [0.05, 0.1) is 5.69 Å². The molecule has 4 aromatic rings. The van der Waals surface area contributed by atoms with Gasteiger partial charge in [0.1, 0.15) is 0 Å². The molecule has 0 unspecified atom stereocenters. The van der Waals surface area contributed by atoms with E-state index in [0.29, 0.717) is 0 Å². The van der Waals surface area contributed by atoms with Crippen LogP contribution in [0.1, 0.15) is 16.7 Å². The number of nitrogens with zero attached hydrogens (tertiary/aromatic N) is 1. The van der Waals surface area contributed by atoms with Crippen LogP contribution in [0.5, 0.6) is 0 Å². The van der Waals surface area contributed by atoms with Crippen molar-refractivity contribution >= 4 is 0 Å². The molecule has 1 aromatic heterocycles. The second kappa shape index (κ2) is 7.20. The third-order valence-electron chi connectivity index (χ3n) is 4.98. The summed E-state index contributed by atoms with van der Waals surface area (Å²) in [4.78, 5) is 4.78. The highest BCUT2D eigenvalue weighted by Gasteiger charge is 2.15. The summed E-state index contributed by atoms with van der Waals surface area (Å²) >= 11 is 0. The van der Waals surface area contributed by atoms with E-state index in [1.165, 1.54) is 38.9 Å². The molecular weight excluding hydrogens is 326 g/mol. The van der Waals surface area contributed by atoms with E-state index in [1.54, 1.807) is 0 Å². The Hall–Kier alpha value is -3.19. The van der Waals surface area contributed by atoms with Crippen molar-refractivity contribution < 1.29 is 0 Å². The van der Waals surface area contributed by atoms with E-state index in [2.05, 4.69) is 99.6 Å². The van der Waals surface area contributed by atoms with E-state index < -0.39 is 0 Å². The van der Waals surface area contributed by atoms with Crippen LogP contribution in [0.25, 0.3) is 33.5 Å². The molecule has 0 fully saturated rings. The minimum Gasteiger partial charge on any atom is -0.256 e. The summed E-state index contributed by atoms with van der Waals surface area (Å²) in [5.74, 6) is 0. The summed E-state index contributed by atoms with van der Waals surface area (Å²) in [6, 6.07) is 28.2. The number of benzene rings is 3. The predicted molar refractivity (Wildman–Crippen MR) is 115 cm³/mol. The second-order valence-corrected chi connectivity index (χ2v) is 7.18. The van der Waals surface area contributed by atoms with Crippen LogP contribution in [0.2, 0.25) is 0 Å². The molecule has 0 N–H and O–H groups in total. The van der Waals surface area contributed by atoms with Crippen molar-refractivity contribution in [1.29, 1.82) is 0 Å². The third-order valence-corrected chi connectivity index (χ3v) is 4.98. The lowest BCUT2D eigenvalue weighted by Gasteiger charge is -2.16. The Morgan fingerprint density at radius 1 is 0.481 bits per heavy atom. The molecule has 27 heavy (non-hydrogen) atoms. The molecule has 1 nitrogen and oxygen atoms in total. The fourth-order valence-electron chi connectivity index (χ4n) is 3.38. The van der Waals surface area contributed by atoms with Gasteiger partial charge in [0.15, 0.2) is 0 Å². The van der Waals surface area contributed by atoms with Gasteiger partial charge in [-0.2, -0.15) is 0 Å². The molecule has 1 heterocycles. The molecule has 0 aliphatic heterocycles. The van der Waals surface area contributed by atoms with E-state index in [9.17, 15) is 0 Å². The first-order chi connectivity index (χ1) is 13.1. The molecule has 0 spiro atoms. The molecule has 0 saturated heterocycles. The normalized spacial score (nSPS) is 10.8. The number of pyridine rings is 1. The summed E-state index contributed by atoms with van der Waals surface area (Å²) < 4.78 is 0. The van der Waals surface area contributed by atoms with Crippen LogP contribution in [0, 0.1) is 20.8 Å². The molecule has 0 radical (unpaired) electrons. The highest BCUT2D eigenvalue weighted by atomic mass is 14.7. The van der Waals surface area contributed by atoms with Gasteiger partial charge in [0, 0.05) is 17.3 Å². The molecule has 1 heteroatoms. The Morgan fingerprint density at radius 3 is 1.44 bits per heavy atom. The summed E-state index contributed by atoms with van der Waals surface area (Å²) in [6.45, 7) is 6.35. The van der Waals surface area contributed by atoms with Crippen molar-refractivity contribution in [2.24, 2.45) is 0 Å². The SMILES string of the molecule is Cc1ccc(-c2ccnc(-c3ccc(C)cc3)c2-c2ccc(C)cc2)cc1. The molecule has 0 amide bonds. The number of hydrogen-bond acceptors (Lipinski definition) is 1. The molecule has 0 aliphatic carbocycles. The van der Waals surface area contributed by atoms with Gasteiger partial charge in [-0.3, -0.25) is 4.98 Å². The van der Waals surface area contributed by atoms with Crippen LogP contribution in [0.15, 0.2) is 85.1 Å². The minimum atomic E-state index is 1.02. The van der Waals surface area contributed by atoms with Crippen LogP contribution in [0.3, 0.4) is 0 Å². The number of hydrogen-bond donors (Lipinski definition) is 0. The van der Waals surface area contributed by atoms with Gasteiger partial charge < -0.3 is 0 Å². The van der Waals surface area contributed by atoms with Crippen LogP contribution in [0.4, 0.5) is 0 Å². The molecule has 0 aliphatic rings. The topological polar surface area (TPSA) is 12.9 Å². The Morgan fingerprint density at radius 2 is 0.926 bits per heavy atom. The van der Waals surface area contributed by atoms with E-state index in [-0.39, 0.29) is 0 Å². The fraction of sp³-hybridized carbons (Fsp3) is 0.115. The number of rotatable bonds is 3. The fourth-order valence-corrected chi connectivity index (χ4v) is 3.38. The predicted octanol–water partition coefficient (Wildman–Crippen LogP) is 7.01. The van der Waals surface area contributed by atoms with Gasteiger partial charge in [-0.25, -0.2) is 0 Å². The maximum atomic E-state index is 4.78. The monoisotopic (exact) mass is 349 g/mol. The molecule has 0 bridgehead atoms. The van der Waals surface area contributed by atoms with Gasteiger partial charge in [-0.05, 0) is 43.5 Å². The average molecular weight is 349 g/mol. The average Bonchev–Trinajstić information content (AvgIpc) is 2.69. The maximum absolute atomic E-state index is 4.78. The number of aryl methyl sites for hydroxylation is 3. The molecule has 3 aromatic carbocycles. The zero-order valence-corrected chi connectivity index (χ0v) is 16.0. The highest BCUT2D eigenvalue weighted by molar-refractivity contribution is 5.92. The van der Waals surface area contributed by atoms with Crippen molar-refractivity contribution in [3.05, 3.63) is 102 Å². The van der Waals surface area contributed by atoms with Crippen LogP contribution in [-0.2, 0) is 0 Å². The van der Waals surface area contributed by atoms with Gasteiger partial charge in [-0.1, -0.05) is 89.5 Å². The van der Waals surface area contributed by atoms with Crippen LogP contribution < -0.4 is 0 Å². The van der Waals surface area contributed by atoms with Crippen LogP contribution in [-0.4, -0.2) is 4.98 Å². The van der Waals surface area contributed by atoms with E-state index in [0.717, 1.165) is 11.3 Å². The quantitative estimate of drug-likeness (QED) is 0.388. The summed E-state index contributed by atoms with van der Waals surface area (Å²) in [7, 11) is 0. The first-order valence-electron chi connectivity index (χ1n) is 9.32. The maximum Gasteiger partial charge on any atom is 0.0786 e. The van der Waals surface area contributed by atoms with Crippen molar-refractivity contribution in [2.75, 3.05) is 0 Å². The third kappa shape index (κ3) is 3.54. The molecule has 132 valence electrons. The van der Waals surface area contributed by atoms with E-state index in [1.807, 2.05) is 6.20 Å². The zero-order chi connectivity index (χ0) is 18.8. The second-order valence-electron chi connectivity index (χ2n) is 7.18. The van der Waals surface area contributed by atoms with Gasteiger partial charge >= 0.3 is 0 Å². The van der Waals surface area contributed by atoms with Gasteiger partial charge in [0.2, 0.25) is 0 Å². The van der Waals surface area contributed by atoms with Crippen LogP contribution >= 0.6 is 0 Å². The van der Waals surface area contributed by atoms with Gasteiger partial charge in [-0.15, -0.1) is 0 Å². The standard InChI is InChI=1S/C26H23N/c1-18-4-10-21(11-5-18)24-16-17-27-26(23-14-8-20(3)9-15-23)25(24)22-12-6-19(2)7-13-22/h4-17H,1-3H3. The van der Waals surface area contributed by atoms with Crippen molar-refractivity contribution in [1.82, 2.24) is 4.98 Å². The molecule has 4 rings (SSSR count). The summed E-state index contributed by atoms with van der Waals surface area (Å²) in [5.41, 5.74) is 10.8. The lowest BCUT2D eigenvalue weighted by molar-refractivity contribution is 1.32. The molecular formula is C26H23N. The molecule has 0 saturated carbocycles. The Labute approximate surface area is 161 Å². The van der Waals surface area contributed by atoms with Crippen molar-refractivity contribution in [2.45, 2.75) is 20.8 Å². The largest absolute Gasteiger partial charge is 0.256 e. The Bertz CT molecular complexity index is 993.